The highest BCUT2D eigenvalue weighted by atomic mass is 79.9. The zero-order chi connectivity index (χ0) is 19.3. The van der Waals surface area contributed by atoms with Gasteiger partial charge >= 0.3 is 5.97 Å². The zero-order valence-electron chi connectivity index (χ0n) is 15.2. The van der Waals surface area contributed by atoms with Crippen molar-refractivity contribution in [3.8, 4) is 22.7 Å². The van der Waals surface area contributed by atoms with Crippen LogP contribution >= 0.6 is 15.9 Å². The van der Waals surface area contributed by atoms with E-state index in [1.165, 1.54) is 11.1 Å². The summed E-state index contributed by atoms with van der Waals surface area (Å²) in [5, 5.41) is 10.1. The van der Waals surface area contributed by atoms with Crippen molar-refractivity contribution in [1.29, 1.82) is 0 Å². The van der Waals surface area contributed by atoms with Crippen molar-refractivity contribution in [3.63, 3.8) is 0 Å². The molecule has 2 aromatic carbocycles. The molecule has 0 aliphatic heterocycles. The number of fused-ring (bicyclic) bond motifs is 1. The van der Waals surface area contributed by atoms with Gasteiger partial charge in [0.2, 0.25) is 0 Å². The van der Waals surface area contributed by atoms with E-state index < -0.39 is 5.97 Å². The monoisotopic (exact) mass is 423 g/mol. The summed E-state index contributed by atoms with van der Waals surface area (Å²) in [5.41, 5.74) is 7.39. The number of nitrogens with one attached hydrogen (secondary N) is 1. The van der Waals surface area contributed by atoms with Crippen LogP contribution in [0.2, 0.25) is 0 Å². The summed E-state index contributed by atoms with van der Waals surface area (Å²) < 4.78 is 7.14. The van der Waals surface area contributed by atoms with Crippen LogP contribution in [-0.4, -0.2) is 16.1 Å². The van der Waals surface area contributed by atoms with Crippen molar-refractivity contribution >= 4 is 32.9 Å². The minimum Gasteiger partial charge on any atom is -0.478 e. The van der Waals surface area contributed by atoms with E-state index in [9.17, 15) is 4.79 Å². The van der Waals surface area contributed by atoms with Gasteiger partial charge in [-0.2, -0.15) is 0 Å². The minimum absolute atomic E-state index is 0.270. The fourth-order valence-electron chi connectivity index (χ4n) is 3.38. The number of hydrogen-bond donors (Lipinski definition) is 2. The summed E-state index contributed by atoms with van der Waals surface area (Å²) >= 11 is 3.72. The SMILES string of the molecule is Cc1cc(C)c2oc(-c3ccc(-c4ccc(C(=O)O)cc4)[nH]3)c(Br)c2c1C. The van der Waals surface area contributed by atoms with Gasteiger partial charge in [0.1, 0.15) is 5.58 Å². The van der Waals surface area contributed by atoms with Crippen molar-refractivity contribution in [1.82, 2.24) is 4.98 Å². The molecule has 136 valence electrons. The smallest absolute Gasteiger partial charge is 0.335 e. The molecule has 4 nitrogen and oxygen atoms in total. The molecule has 27 heavy (non-hydrogen) atoms. The molecule has 4 aromatic rings. The van der Waals surface area contributed by atoms with E-state index in [4.69, 9.17) is 9.52 Å². The predicted octanol–water partition coefficient (Wildman–Crippen LogP) is 6.48. The lowest BCUT2D eigenvalue weighted by Crippen LogP contribution is -1.94. The van der Waals surface area contributed by atoms with E-state index in [-0.39, 0.29) is 5.56 Å². The Morgan fingerprint density at radius 3 is 2.33 bits per heavy atom. The molecular weight excluding hydrogens is 406 g/mol. The lowest BCUT2D eigenvalue weighted by atomic mass is 10.0. The van der Waals surface area contributed by atoms with Gasteiger partial charge in [-0.1, -0.05) is 18.2 Å². The van der Waals surface area contributed by atoms with Crippen molar-refractivity contribution < 1.29 is 14.3 Å². The van der Waals surface area contributed by atoms with E-state index in [2.05, 4.69) is 47.8 Å². The summed E-state index contributed by atoms with van der Waals surface area (Å²) in [4.78, 5) is 14.4. The van der Waals surface area contributed by atoms with Crippen LogP contribution < -0.4 is 0 Å². The van der Waals surface area contributed by atoms with Crippen LogP contribution in [-0.2, 0) is 0 Å². The van der Waals surface area contributed by atoms with Gasteiger partial charge in [-0.15, -0.1) is 0 Å². The molecule has 0 saturated heterocycles. The molecule has 4 rings (SSSR count). The van der Waals surface area contributed by atoms with Crippen LogP contribution in [0, 0.1) is 20.8 Å². The molecule has 5 heteroatoms. The lowest BCUT2D eigenvalue weighted by Gasteiger charge is -2.03. The minimum atomic E-state index is -0.930. The maximum atomic E-state index is 11.0. The summed E-state index contributed by atoms with van der Waals surface area (Å²) in [6, 6.07) is 12.9. The topological polar surface area (TPSA) is 66.2 Å². The highest BCUT2D eigenvalue weighted by molar-refractivity contribution is 9.10. The Hall–Kier alpha value is -2.79. The fraction of sp³-hybridized carbons (Fsp3) is 0.136. The van der Waals surface area contributed by atoms with Crippen molar-refractivity contribution in [2.24, 2.45) is 0 Å². The molecule has 2 aromatic heterocycles. The third-order valence-corrected chi connectivity index (χ3v) is 5.74. The molecule has 0 atom stereocenters. The van der Waals surface area contributed by atoms with Gasteiger partial charge in [-0.25, -0.2) is 4.79 Å². The highest BCUT2D eigenvalue weighted by Crippen LogP contribution is 2.41. The van der Waals surface area contributed by atoms with Crippen molar-refractivity contribution in [2.75, 3.05) is 0 Å². The van der Waals surface area contributed by atoms with E-state index in [0.29, 0.717) is 0 Å². The third kappa shape index (κ3) is 2.88. The first-order valence-electron chi connectivity index (χ1n) is 8.58. The second-order valence-electron chi connectivity index (χ2n) is 6.75. The Bertz CT molecular complexity index is 1180. The Kier molecular flexibility index (Phi) is 4.19. The van der Waals surface area contributed by atoms with Gasteiger partial charge < -0.3 is 14.5 Å². The molecule has 0 unspecified atom stereocenters. The second-order valence-corrected chi connectivity index (χ2v) is 7.55. The van der Waals surface area contributed by atoms with Crippen LogP contribution in [0.1, 0.15) is 27.0 Å². The van der Waals surface area contributed by atoms with Crippen LogP contribution in [0.3, 0.4) is 0 Å². The van der Waals surface area contributed by atoms with E-state index >= 15 is 0 Å². The van der Waals surface area contributed by atoms with Crippen LogP contribution in [0.25, 0.3) is 33.7 Å². The van der Waals surface area contributed by atoms with E-state index in [0.717, 1.165) is 43.7 Å². The van der Waals surface area contributed by atoms with E-state index in [1.807, 2.05) is 12.1 Å². The summed E-state index contributed by atoms with van der Waals surface area (Å²) in [7, 11) is 0. The molecule has 0 amide bonds. The maximum absolute atomic E-state index is 11.0. The number of furan rings is 1. The van der Waals surface area contributed by atoms with Gasteiger partial charge in [0.25, 0.3) is 0 Å². The van der Waals surface area contributed by atoms with Crippen LogP contribution in [0.15, 0.2) is 51.4 Å². The predicted molar refractivity (Wildman–Crippen MR) is 110 cm³/mol. The molecule has 0 radical (unpaired) electrons. The third-order valence-electron chi connectivity index (χ3n) is 4.98. The molecule has 2 heterocycles. The molecule has 0 aliphatic carbocycles. The highest BCUT2D eigenvalue weighted by Gasteiger charge is 2.19. The lowest BCUT2D eigenvalue weighted by molar-refractivity contribution is 0.0697. The van der Waals surface area contributed by atoms with Crippen molar-refractivity contribution in [2.45, 2.75) is 20.8 Å². The average molecular weight is 424 g/mol. The standard InChI is InChI=1S/C22H18BrNO3/c1-11-10-12(2)20-18(13(11)3)19(23)21(27-20)17-9-8-16(24-17)14-4-6-15(7-5-14)22(25)26/h4-10,24H,1-3H3,(H,25,26). The molecule has 2 N–H and O–H groups in total. The Morgan fingerprint density at radius 1 is 1.00 bits per heavy atom. The number of aryl methyl sites for hydroxylation is 3. The van der Waals surface area contributed by atoms with E-state index in [1.54, 1.807) is 24.3 Å². The number of aromatic carboxylic acids is 1. The Labute approximate surface area is 165 Å². The molecule has 0 spiro atoms. The number of benzene rings is 2. The zero-order valence-corrected chi connectivity index (χ0v) is 16.8. The van der Waals surface area contributed by atoms with Gasteiger partial charge in [0, 0.05) is 11.1 Å². The normalized spacial score (nSPS) is 11.3. The average Bonchev–Trinajstić information content (AvgIpc) is 3.25. The van der Waals surface area contributed by atoms with Gasteiger partial charge in [0.05, 0.1) is 15.7 Å². The molecular formula is C22H18BrNO3. The number of hydrogen-bond acceptors (Lipinski definition) is 2. The summed E-state index contributed by atoms with van der Waals surface area (Å²) in [6.45, 7) is 6.26. The van der Waals surface area contributed by atoms with Gasteiger partial charge in [-0.3, -0.25) is 0 Å². The first-order valence-corrected chi connectivity index (χ1v) is 9.38. The van der Waals surface area contributed by atoms with Crippen LogP contribution in [0.5, 0.6) is 0 Å². The number of halogens is 1. The Balaban J connectivity index is 1.80. The van der Waals surface area contributed by atoms with Gasteiger partial charge in [-0.05, 0) is 83.2 Å². The molecule has 0 fully saturated rings. The maximum Gasteiger partial charge on any atom is 0.335 e. The number of aromatic nitrogens is 1. The van der Waals surface area contributed by atoms with Gasteiger partial charge in [0.15, 0.2) is 5.76 Å². The molecule has 0 bridgehead atoms. The first kappa shape index (κ1) is 17.6. The van der Waals surface area contributed by atoms with Crippen LogP contribution in [0.4, 0.5) is 0 Å². The number of rotatable bonds is 3. The molecule has 0 saturated carbocycles. The first-order chi connectivity index (χ1) is 12.9. The number of carbonyl (C=O) groups is 1. The number of aromatic amines is 1. The molecule has 0 aliphatic rings. The van der Waals surface area contributed by atoms with Crippen molar-refractivity contribution in [3.05, 3.63) is 69.2 Å². The number of H-pyrrole nitrogens is 1. The quantitative estimate of drug-likeness (QED) is 0.396. The fourth-order valence-corrected chi connectivity index (χ4v) is 4.15. The second kappa shape index (κ2) is 6.43. The number of carboxylic acid groups (broad SMARTS) is 1. The number of carboxylic acids is 1. The largest absolute Gasteiger partial charge is 0.478 e. The summed E-state index contributed by atoms with van der Waals surface area (Å²) in [6.07, 6.45) is 0. The Morgan fingerprint density at radius 2 is 1.67 bits per heavy atom. The summed E-state index contributed by atoms with van der Waals surface area (Å²) in [5.74, 6) is -0.170.